The first-order valence-electron chi connectivity index (χ1n) is 12.0. The zero-order valence-electron chi connectivity index (χ0n) is 18.2. The molecule has 2 nitrogen and oxygen atoms in total. The van der Waals surface area contributed by atoms with Crippen molar-refractivity contribution in [1.29, 1.82) is 0 Å². The third-order valence-corrected chi connectivity index (χ3v) is 9.32. The molecule has 2 heteroatoms. The molecule has 1 N–H and O–H groups in total. The third kappa shape index (κ3) is 2.28. The highest BCUT2D eigenvalue weighted by Gasteiger charge is 2.59. The maximum absolute atomic E-state index is 10.8. The van der Waals surface area contributed by atoms with Crippen LogP contribution >= 0.6 is 0 Å². The van der Waals surface area contributed by atoms with Gasteiger partial charge in [-0.05, 0) is 106 Å². The summed E-state index contributed by atoms with van der Waals surface area (Å²) in [6.45, 7) is 2.33. The lowest BCUT2D eigenvalue weighted by molar-refractivity contribution is -0.127. The Hall–Kier alpha value is -0.0800. The Morgan fingerprint density at radius 3 is 2.42 bits per heavy atom. The molecule has 0 aromatic rings. The summed E-state index contributed by atoms with van der Waals surface area (Å²) in [5.41, 5.74) is -0.927. The van der Waals surface area contributed by atoms with Crippen LogP contribution in [0.2, 0.25) is 0 Å². The van der Waals surface area contributed by atoms with Gasteiger partial charge in [-0.1, -0.05) is 6.92 Å². The summed E-state index contributed by atoms with van der Waals surface area (Å²) in [5, 5.41) is 10.8. The topological polar surface area (TPSA) is 29.5 Å². The molecule has 5 fully saturated rings. The van der Waals surface area contributed by atoms with E-state index in [2.05, 4.69) is 6.92 Å². The van der Waals surface area contributed by atoms with E-state index >= 15 is 0 Å². The highest BCUT2D eigenvalue weighted by molar-refractivity contribution is 5.08. The first kappa shape index (κ1) is 13.1. The molecule has 24 heavy (non-hydrogen) atoms. The standard InChI is InChI=1S/C22H36O2/c1-21(23)9-7-16-14(11-21)3-4-18-17(16)8-10-22(2)19(5-6-20(18)22)15-12-24-13-15/h14-20,23H,3-13H2,1-2H3/t14-,16+,17-,18-,19-,20+,21-,22-/m1/s1/i1D3. The highest BCUT2D eigenvalue weighted by atomic mass is 16.5. The minimum Gasteiger partial charge on any atom is -0.390 e. The van der Waals surface area contributed by atoms with Crippen LogP contribution in [0, 0.1) is 46.8 Å². The lowest BCUT2D eigenvalue weighted by Gasteiger charge is -2.57. The van der Waals surface area contributed by atoms with Crippen LogP contribution in [0.15, 0.2) is 0 Å². The number of aliphatic hydroxyl groups is 1. The second-order valence-electron chi connectivity index (χ2n) is 10.2. The van der Waals surface area contributed by atoms with Gasteiger partial charge in [0.2, 0.25) is 0 Å². The lowest BCUT2D eigenvalue weighted by Crippen LogP contribution is -2.52. The van der Waals surface area contributed by atoms with Gasteiger partial charge >= 0.3 is 0 Å². The average Bonchev–Trinajstić information content (AvgIpc) is 2.89. The predicted octanol–water partition coefficient (Wildman–Crippen LogP) is 4.65. The molecule has 0 bridgehead atoms. The molecule has 0 radical (unpaired) electrons. The summed E-state index contributed by atoms with van der Waals surface area (Å²) in [4.78, 5) is 0. The molecule has 1 aliphatic heterocycles. The Balaban J connectivity index is 1.33. The van der Waals surface area contributed by atoms with Crippen LogP contribution < -0.4 is 0 Å². The van der Waals surface area contributed by atoms with Crippen LogP contribution in [0.5, 0.6) is 0 Å². The predicted molar refractivity (Wildman–Crippen MR) is 95.5 cm³/mol. The van der Waals surface area contributed by atoms with E-state index in [1.807, 2.05) is 0 Å². The van der Waals surface area contributed by atoms with E-state index in [-0.39, 0.29) is 0 Å². The van der Waals surface area contributed by atoms with Gasteiger partial charge < -0.3 is 9.84 Å². The van der Waals surface area contributed by atoms with Gasteiger partial charge in [0.05, 0.1) is 18.8 Å². The molecule has 136 valence electrons. The molecule has 0 unspecified atom stereocenters. The van der Waals surface area contributed by atoms with Crippen molar-refractivity contribution in [3.63, 3.8) is 0 Å². The molecule has 5 rings (SSSR count). The van der Waals surface area contributed by atoms with Gasteiger partial charge in [-0.25, -0.2) is 0 Å². The van der Waals surface area contributed by atoms with Gasteiger partial charge in [0, 0.05) is 10.0 Å². The van der Waals surface area contributed by atoms with Crippen molar-refractivity contribution < 1.29 is 14.0 Å². The SMILES string of the molecule is [2H]C([2H])([2H])[C@@]1(O)CC[C@H]2[C@H](CC[C@@H]3[C@@H]2CC[C@]2(C)[C@@H](C4COC4)CC[C@@H]32)C1. The Labute approximate surface area is 151 Å². The van der Waals surface area contributed by atoms with Gasteiger partial charge in [0.15, 0.2) is 0 Å². The Bertz CT molecular complexity index is 589. The van der Waals surface area contributed by atoms with Crippen LogP contribution in [-0.2, 0) is 4.74 Å². The molecule has 0 amide bonds. The second-order valence-corrected chi connectivity index (χ2v) is 10.2. The molecule has 4 aliphatic carbocycles. The van der Waals surface area contributed by atoms with Crippen molar-refractivity contribution >= 4 is 0 Å². The van der Waals surface area contributed by atoms with Crippen molar-refractivity contribution in [3.8, 4) is 0 Å². The fourth-order valence-corrected chi connectivity index (χ4v) is 8.18. The van der Waals surface area contributed by atoms with Gasteiger partial charge in [0.25, 0.3) is 0 Å². The minimum absolute atomic E-state index is 0.423. The summed E-state index contributed by atoms with van der Waals surface area (Å²) in [6.07, 6.45) is 9.76. The van der Waals surface area contributed by atoms with Crippen molar-refractivity contribution in [2.24, 2.45) is 46.8 Å². The first-order valence-corrected chi connectivity index (χ1v) is 10.5. The van der Waals surface area contributed by atoms with Crippen LogP contribution in [0.1, 0.15) is 75.7 Å². The fraction of sp³-hybridized carbons (Fsp3) is 1.00. The van der Waals surface area contributed by atoms with Gasteiger partial charge in [-0.2, -0.15) is 0 Å². The Morgan fingerprint density at radius 2 is 1.67 bits per heavy atom. The molecular weight excluding hydrogens is 296 g/mol. The van der Waals surface area contributed by atoms with Gasteiger partial charge in [-0.3, -0.25) is 0 Å². The third-order valence-electron chi connectivity index (χ3n) is 9.32. The average molecular weight is 336 g/mol. The smallest absolute Gasteiger partial charge is 0.0622 e. The van der Waals surface area contributed by atoms with E-state index < -0.39 is 12.5 Å². The van der Waals surface area contributed by atoms with E-state index in [1.54, 1.807) is 0 Å². The normalized spacial score (nSPS) is 60.0. The molecule has 5 aliphatic rings. The molecule has 0 aromatic carbocycles. The summed E-state index contributed by atoms with van der Waals surface area (Å²) in [5.74, 6) is 5.23. The monoisotopic (exact) mass is 335 g/mol. The summed E-state index contributed by atoms with van der Waals surface area (Å²) >= 11 is 0. The minimum atomic E-state index is -2.23. The van der Waals surface area contributed by atoms with E-state index in [9.17, 15) is 5.11 Å². The van der Waals surface area contributed by atoms with E-state index in [0.29, 0.717) is 30.1 Å². The molecule has 1 heterocycles. The summed E-state index contributed by atoms with van der Waals surface area (Å²) in [7, 11) is 0. The van der Waals surface area contributed by atoms with Crippen LogP contribution in [-0.4, -0.2) is 23.9 Å². The molecule has 1 saturated heterocycles. The van der Waals surface area contributed by atoms with Crippen molar-refractivity contribution in [2.75, 3.05) is 13.2 Å². The number of hydrogen-bond donors (Lipinski definition) is 1. The molecule has 8 atom stereocenters. The second kappa shape index (κ2) is 5.46. The lowest BCUT2D eigenvalue weighted by atomic mass is 9.48. The summed E-state index contributed by atoms with van der Waals surface area (Å²) in [6, 6.07) is 0. The van der Waals surface area contributed by atoms with Crippen molar-refractivity contribution in [1.82, 2.24) is 0 Å². The number of hydrogen-bond acceptors (Lipinski definition) is 2. The molecule has 4 saturated carbocycles. The van der Waals surface area contributed by atoms with E-state index in [0.717, 1.165) is 55.6 Å². The number of ether oxygens (including phenoxy) is 1. The van der Waals surface area contributed by atoms with E-state index in [1.165, 1.54) is 32.1 Å². The van der Waals surface area contributed by atoms with Gasteiger partial charge in [0.1, 0.15) is 0 Å². The Morgan fingerprint density at radius 1 is 0.875 bits per heavy atom. The summed E-state index contributed by atoms with van der Waals surface area (Å²) < 4.78 is 28.9. The number of fused-ring (bicyclic) bond motifs is 5. The van der Waals surface area contributed by atoms with E-state index in [4.69, 9.17) is 8.85 Å². The van der Waals surface area contributed by atoms with Crippen LogP contribution in [0.4, 0.5) is 0 Å². The zero-order valence-corrected chi connectivity index (χ0v) is 15.2. The zero-order chi connectivity index (χ0) is 19.0. The van der Waals surface area contributed by atoms with Crippen molar-refractivity contribution in [3.05, 3.63) is 0 Å². The van der Waals surface area contributed by atoms with Gasteiger partial charge in [-0.15, -0.1) is 0 Å². The maximum Gasteiger partial charge on any atom is 0.0622 e. The molecule has 0 aromatic heterocycles. The molecular formula is C22H36O2. The quantitative estimate of drug-likeness (QED) is 0.755. The Kier molecular flexibility index (Phi) is 2.99. The maximum atomic E-state index is 10.8. The van der Waals surface area contributed by atoms with Crippen LogP contribution in [0.3, 0.4) is 0 Å². The van der Waals surface area contributed by atoms with Crippen LogP contribution in [0.25, 0.3) is 0 Å². The first-order chi connectivity index (χ1) is 12.7. The fourth-order valence-electron chi connectivity index (χ4n) is 8.18. The van der Waals surface area contributed by atoms with Crippen molar-refractivity contribution in [2.45, 2.75) is 77.2 Å². The largest absolute Gasteiger partial charge is 0.390 e. The number of rotatable bonds is 1. The molecule has 0 spiro atoms. The highest BCUT2D eigenvalue weighted by Crippen LogP contribution is 2.66.